The standard InChI is InChI=1S/C27H28N2O5/c1-3-33-26(32)34-22-16-14-19(15-17-22)18-29-25(31)27(2,28)24(30)23(20-10-6-4-7-11-20)21-12-8-5-9-13-21/h4-17,23H,3,18,28H2,1-2H3,(H,29,31)/t27-/m1/s1. The van der Waals surface area contributed by atoms with Crippen molar-refractivity contribution in [2.45, 2.75) is 31.8 Å². The first-order valence-corrected chi connectivity index (χ1v) is 11.0. The van der Waals surface area contributed by atoms with E-state index in [-0.39, 0.29) is 13.2 Å². The molecule has 0 unspecified atom stereocenters. The van der Waals surface area contributed by atoms with Crippen LogP contribution in [0.2, 0.25) is 0 Å². The number of nitrogens with two attached hydrogens (primary N) is 1. The van der Waals surface area contributed by atoms with Crippen molar-refractivity contribution in [1.82, 2.24) is 5.32 Å². The van der Waals surface area contributed by atoms with Crippen molar-refractivity contribution in [3.8, 4) is 5.75 Å². The normalized spacial score (nSPS) is 12.5. The highest BCUT2D eigenvalue weighted by atomic mass is 16.7. The molecule has 0 saturated heterocycles. The molecule has 34 heavy (non-hydrogen) atoms. The predicted octanol–water partition coefficient (Wildman–Crippen LogP) is 3.96. The summed E-state index contributed by atoms with van der Waals surface area (Å²) in [5.41, 5.74) is 6.83. The van der Waals surface area contributed by atoms with Crippen molar-refractivity contribution in [2.24, 2.45) is 5.73 Å². The molecule has 176 valence electrons. The van der Waals surface area contributed by atoms with Gasteiger partial charge < -0.3 is 20.5 Å². The molecule has 0 aliphatic carbocycles. The van der Waals surface area contributed by atoms with Gasteiger partial charge in [0.2, 0.25) is 5.91 Å². The van der Waals surface area contributed by atoms with Gasteiger partial charge in [-0.2, -0.15) is 0 Å². The summed E-state index contributed by atoms with van der Waals surface area (Å²) >= 11 is 0. The summed E-state index contributed by atoms with van der Waals surface area (Å²) in [6.07, 6.45) is -0.785. The van der Waals surface area contributed by atoms with E-state index in [2.05, 4.69) is 5.32 Å². The molecule has 1 atom stereocenters. The summed E-state index contributed by atoms with van der Waals surface area (Å²) in [7, 11) is 0. The Balaban J connectivity index is 1.71. The van der Waals surface area contributed by atoms with Gasteiger partial charge in [0.1, 0.15) is 5.75 Å². The number of rotatable bonds is 9. The Labute approximate surface area is 198 Å². The lowest BCUT2D eigenvalue weighted by Gasteiger charge is -2.28. The van der Waals surface area contributed by atoms with Crippen LogP contribution in [-0.4, -0.2) is 30.0 Å². The number of ether oxygens (including phenoxy) is 2. The molecule has 3 N–H and O–H groups in total. The molecule has 7 nitrogen and oxygen atoms in total. The van der Waals surface area contributed by atoms with Crippen molar-refractivity contribution in [2.75, 3.05) is 6.61 Å². The third-order valence-electron chi connectivity index (χ3n) is 5.35. The minimum atomic E-state index is -1.76. The Kier molecular flexibility index (Phi) is 8.16. The zero-order valence-corrected chi connectivity index (χ0v) is 19.2. The molecule has 0 aliphatic heterocycles. The first-order chi connectivity index (χ1) is 16.3. The number of hydrogen-bond acceptors (Lipinski definition) is 6. The van der Waals surface area contributed by atoms with Gasteiger partial charge in [-0.3, -0.25) is 9.59 Å². The van der Waals surface area contributed by atoms with Gasteiger partial charge in [-0.1, -0.05) is 72.8 Å². The smallest absolute Gasteiger partial charge is 0.434 e. The van der Waals surface area contributed by atoms with Crippen molar-refractivity contribution in [1.29, 1.82) is 0 Å². The van der Waals surface area contributed by atoms with Gasteiger partial charge in [0.05, 0.1) is 12.5 Å². The average molecular weight is 461 g/mol. The number of ketones is 1. The molecule has 0 spiro atoms. The highest BCUT2D eigenvalue weighted by Crippen LogP contribution is 2.29. The van der Waals surface area contributed by atoms with E-state index in [1.165, 1.54) is 6.92 Å². The maximum absolute atomic E-state index is 13.6. The second-order valence-electron chi connectivity index (χ2n) is 7.93. The number of carbonyl (C=O) groups is 3. The van der Waals surface area contributed by atoms with Crippen LogP contribution >= 0.6 is 0 Å². The summed E-state index contributed by atoms with van der Waals surface area (Å²) in [4.78, 5) is 38.0. The number of Topliss-reactive ketones (excluding diaryl/α,β-unsaturated/α-hetero) is 1. The molecule has 0 bridgehead atoms. The lowest BCUT2D eigenvalue weighted by molar-refractivity contribution is -0.135. The highest BCUT2D eigenvalue weighted by molar-refractivity contribution is 6.13. The van der Waals surface area contributed by atoms with Crippen LogP contribution in [-0.2, 0) is 20.9 Å². The Morgan fingerprint density at radius 1 is 0.882 bits per heavy atom. The molecular formula is C27H28N2O5. The van der Waals surface area contributed by atoms with Crippen LogP contribution in [0.1, 0.15) is 36.5 Å². The fourth-order valence-corrected chi connectivity index (χ4v) is 3.48. The SMILES string of the molecule is CCOC(=O)Oc1ccc(CNC(=O)[C@](C)(N)C(=O)C(c2ccccc2)c2ccccc2)cc1. The van der Waals surface area contributed by atoms with E-state index in [1.54, 1.807) is 31.2 Å². The van der Waals surface area contributed by atoms with E-state index in [0.29, 0.717) is 5.75 Å². The minimum Gasteiger partial charge on any atom is -0.434 e. The minimum absolute atomic E-state index is 0.153. The Hall–Kier alpha value is -3.97. The molecule has 0 aliphatic rings. The van der Waals surface area contributed by atoms with Crippen LogP contribution in [0.3, 0.4) is 0 Å². The third-order valence-corrected chi connectivity index (χ3v) is 5.35. The topological polar surface area (TPSA) is 108 Å². The maximum atomic E-state index is 13.6. The van der Waals surface area contributed by atoms with E-state index in [0.717, 1.165) is 16.7 Å². The molecule has 0 fully saturated rings. The molecule has 0 saturated carbocycles. The van der Waals surface area contributed by atoms with Crippen molar-refractivity contribution in [3.63, 3.8) is 0 Å². The van der Waals surface area contributed by atoms with Gasteiger partial charge in [0.15, 0.2) is 11.3 Å². The van der Waals surface area contributed by atoms with Gasteiger partial charge in [-0.15, -0.1) is 0 Å². The second-order valence-corrected chi connectivity index (χ2v) is 7.93. The first-order valence-electron chi connectivity index (χ1n) is 11.0. The molecule has 0 heterocycles. The van der Waals surface area contributed by atoms with E-state index in [1.807, 2.05) is 60.7 Å². The Morgan fingerprint density at radius 3 is 1.91 bits per heavy atom. The Morgan fingerprint density at radius 2 is 1.41 bits per heavy atom. The molecule has 7 heteroatoms. The summed E-state index contributed by atoms with van der Waals surface area (Å²) in [5, 5.41) is 2.74. The number of carbonyl (C=O) groups excluding carboxylic acids is 3. The Bertz CT molecular complexity index is 1070. The van der Waals surface area contributed by atoms with Crippen LogP contribution < -0.4 is 15.8 Å². The molecular weight excluding hydrogens is 432 g/mol. The van der Waals surface area contributed by atoms with E-state index >= 15 is 0 Å². The van der Waals surface area contributed by atoms with Gasteiger partial charge in [0, 0.05) is 6.54 Å². The maximum Gasteiger partial charge on any atom is 0.513 e. The molecule has 0 radical (unpaired) electrons. The number of hydrogen-bond donors (Lipinski definition) is 2. The van der Waals surface area contributed by atoms with Crippen molar-refractivity contribution in [3.05, 3.63) is 102 Å². The molecule has 0 aromatic heterocycles. The van der Waals surface area contributed by atoms with Crippen LogP contribution in [0.25, 0.3) is 0 Å². The number of nitrogens with one attached hydrogen (secondary N) is 1. The van der Waals surface area contributed by atoms with Gasteiger partial charge in [-0.05, 0) is 42.7 Å². The summed E-state index contributed by atoms with van der Waals surface area (Å²) in [6.45, 7) is 3.49. The average Bonchev–Trinajstić information content (AvgIpc) is 2.85. The van der Waals surface area contributed by atoms with E-state index < -0.39 is 29.3 Å². The molecule has 1 amide bonds. The highest BCUT2D eigenvalue weighted by Gasteiger charge is 2.41. The third kappa shape index (κ3) is 6.08. The number of benzene rings is 3. The largest absolute Gasteiger partial charge is 0.513 e. The van der Waals surface area contributed by atoms with Gasteiger partial charge in [0.25, 0.3) is 0 Å². The zero-order valence-electron chi connectivity index (χ0n) is 19.2. The number of amides is 1. The fraction of sp³-hybridized carbons (Fsp3) is 0.222. The summed E-state index contributed by atoms with van der Waals surface area (Å²) in [5.74, 6) is -1.34. The molecule has 3 aromatic rings. The predicted molar refractivity (Wildman–Crippen MR) is 128 cm³/mol. The van der Waals surface area contributed by atoms with Gasteiger partial charge in [-0.25, -0.2) is 4.79 Å². The van der Waals surface area contributed by atoms with Gasteiger partial charge >= 0.3 is 6.16 Å². The zero-order chi connectivity index (χ0) is 24.6. The lowest BCUT2D eigenvalue weighted by atomic mass is 9.79. The van der Waals surface area contributed by atoms with Crippen LogP contribution in [0.5, 0.6) is 5.75 Å². The summed E-state index contributed by atoms with van der Waals surface area (Å²) < 4.78 is 9.75. The first kappa shape index (κ1) is 24.7. The fourth-order valence-electron chi connectivity index (χ4n) is 3.48. The molecule has 3 rings (SSSR count). The van der Waals surface area contributed by atoms with E-state index in [4.69, 9.17) is 15.2 Å². The van der Waals surface area contributed by atoms with Crippen LogP contribution in [0.4, 0.5) is 4.79 Å². The second kappa shape index (κ2) is 11.2. The van der Waals surface area contributed by atoms with Crippen LogP contribution in [0.15, 0.2) is 84.9 Å². The summed E-state index contributed by atoms with van der Waals surface area (Å²) in [6, 6.07) is 25.1. The van der Waals surface area contributed by atoms with E-state index in [9.17, 15) is 14.4 Å². The lowest BCUT2D eigenvalue weighted by Crippen LogP contribution is -2.58. The van der Waals surface area contributed by atoms with Crippen LogP contribution in [0, 0.1) is 0 Å². The van der Waals surface area contributed by atoms with Crippen molar-refractivity contribution >= 4 is 17.8 Å². The van der Waals surface area contributed by atoms with Crippen molar-refractivity contribution < 1.29 is 23.9 Å². The molecule has 3 aromatic carbocycles. The quantitative estimate of drug-likeness (QED) is 0.284. The monoisotopic (exact) mass is 460 g/mol.